The number of rotatable bonds is 7. The van der Waals surface area contributed by atoms with Gasteiger partial charge in [-0.25, -0.2) is 4.79 Å². The van der Waals surface area contributed by atoms with Crippen LogP contribution >= 0.6 is 0 Å². The molecule has 0 aliphatic rings. The third kappa shape index (κ3) is 3.87. The first-order valence-electron chi connectivity index (χ1n) is 7.51. The van der Waals surface area contributed by atoms with Gasteiger partial charge >= 0.3 is 11.6 Å². The standard InChI is InChI=1S/C17H20O5/c1-2-3-4-5-6-11-7-13-12(8-16(19)20)9-17(21)22-15(13)10-14(11)18/h7,9-10,18H,2-6,8H2,1H3,(H,19,20). The first-order valence-corrected chi connectivity index (χ1v) is 7.51. The Hall–Kier alpha value is -2.30. The molecule has 5 nitrogen and oxygen atoms in total. The molecule has 5 heteroatoms. The number of carboxylic acids is 1. The van der Waals surface area contributed by atoms with Crippen LogP contribution in [0.4, 0.5) is 0 Å². The summed E-state index contributed by atoms with van der Waals surface area (Å²) in [6.45, 7) is 2.13. The van der Waals surface area contributed by atoms with E-state index in [9.17, 15) is 14.7 Å². The predicted octanol–water partition coefficient (Wildman–Crippen LogP) is 3.25. The molecule has 2 rings (SSSR count). The molecule has 0 radical (unpaired) electrons. The fourth-order valence-corrected chi connectivity index (χ4v) is 2.56. The number of carboxylic acid groups (broad SMARTS) is 1. The SMILES string of the molecule is CCCCCCc1cc2c(CC(=O)O)cc(=O)oc2cc1O. The molecule has 1 aromatic heterocycles. The lowest BCUT2D eigenvalue weighted by Crippen LogP contribution is -2.06. The van der Waals surface area contributed by atoms with Gasteiger partial charge in [0, 0.05) is 17.5 Å². The van der Waals surface area contributed by atoms with Gasteiger partial charge in [-0.05, 0) is 30.0 Å². The van der Waals surface area contributed by atoms with Crippen molar-refractivity contribution in [2.75, 3.05) is 0 Å². The van der Waals surface area contributed by atoms with Crippen molar-refractivity contribution >= 4 is 16.9 Å². The molecule has 0 bridgehead atoms. The molecule has 0 fully saturated rings. The average Bonchev–Trinajstić information content (AvgIpc) is 2.43. The Balaban J connectivity index is 2.39. The van der Waals surface area contributed by atoms with E-state index in [2.05, 4.69) is 6.92 Å². The first-order chi connectivity index (χ1) is 10.5. The molecule has 22 heavy (non-hydrogen) atoms. The fourth-order valence-electron chi connectivity index (χ4n) is 2.56. The van der Waals surface area contributed by atoms with Crippen LogP contribution in [-0.4, -0.2) is 16.2 Å². The van der Waals surface area contributed by atoms with E-state index in [1.807, 2.05) is 0 Å². The second-order valence-corrected chi connectivity index (χ2v) is 5.45. The minimum Gasteiger partial charge on any atom is -0.508 e. The van der Waals surface area contributed by atoms with Crippen LogP contribution in [0.5, 0.6) is 5.75 Å². The van der Waals surface area contributed by atoms with Crippen molar-refractivity contribution < 1.29 is 19.4 Å². The summed E-state index contributed by atoms with van der Waals surface area (Å²) in [7, 11) is 0. The number of benzene rings is 1. The maximum absolute atomic E-state index is 11.5. The fraction of sp³-hybridized carbons (Fsp3) is 0.412. The van der Waals surface area contributed by atoms with E-state index in [0.717, 1.165) is 31.2 Å². The highest BCUT2D eigenvalue weighted by Crippen LogP contribution is 2.28. The first kappa shape index (κ1) is 16.1. The van der Waals surface area contributed by atoms with Crippen molar-refractivity contribution in [2.45, 2.75) is 45.4 Å². The zero-order chi connectivity index (χ0) is 16.1. The van der Waals surface area contributed by atoms with Crippen LogP contribution in [-0.2, 0) is 17.6 Å². The molecule has 2 N–H and O–H groups in total. The molecule has 1 heterocycles. The largest absolute Gasteiger partial charge is 0.508 e. The third-order valence-corrected chi connectivity index (χ3v) is 3.67. The van der Waals surface area contributed by atoms with Gasteiger partial charge in [0.05, 0.1) is 6.42 Å². The summed E-state index contributed by atoms with van der Waals surface area (Å²) in [6, 6.07) is 4.34. The number of aromatic hydroxyl groups is 1. The van der Waals surface area contributed by atoms with Crippen molar-refractivity contribution in [1.82, 2.24) is 0 Å². The number of aryl methyl sites for hydroxylation is 1. The zero-order valence-corrected chi connectivity index (χ0v) is 12.6. The van der Waals surface area contributed by atoms with Gasteiger partial charge in [0.25, 0.3) is 0 Å². The molecule has 0 unspecified atom stereocenters. The van der Waals surface area contributed by atoms with Crippen molar-refractivity contribution in [3.8, 4) is 5.75 Å². The van der Waals surface area contributed by atoms with Crippen LogP contribution in [0, 0.1) is 0 Å². The quantitative estimate of drug-likeness (QED) is 0.605. The molecule has 0 aliphatic heterocycles. The number of carbonyl (C=O) groups is 1. The van der Waals surface area contributed by atoms with E-state index >= 15 is 0 Å². The highest BCUT2D eigenvalue weighted by Gasteiger charge is 2.12. The van der Waals surface area contributed by atoms with Gasteiger partial charge in [-0.1, -0.05) is 26.2 Å². The van der Waals surface area contributed by atoms with Gasteiger partial charge < -0.3 is 14.6 Å². The van der Waals surface area contributed by atoms with E-state index in [0.29, 0.717) is 17.4 Å². The maximum atomic E-state index is 11.5. The number of aliphatic carboxylic acids is 1. The van der Waals surface area contributed by atoms with Gasteiger partial charge in [-0.3, -0.25) is 4.79 Å². The Morgan fingerprint density at radius 3 is 2.59 bits per heavy atom. The maximum Gasteiger partial charge on any atom is 0.336 e. The Labute approximate surface area is 128 Å². The van der Waals surface area contributed by atoms with E-state index in [1.165, 1.54) is 12.1 Å². The Morgan fingerprint density at radius 1 is 1.14 bits per heavy atom. The van der Waals surface area contributed by atoms with E-state index in [1.54, 1.807) is 6.07 Å². The number of phenols is 1. The summed E-state index contributed by atoms with van der Waals surface area (Å²) in [4.78, 5) is 22.4. The van der Waals surface area contributed by atoms with Crippen molar-refractivity contribution in [3.05, 3.63) is 39.7 Å². The molecule has 0 saturated carbocycles. The zero-order valence-electron chi connectivity index (χ0n) is 12.6. The summed E-state index contributed by atoms with van der Waals surface area (Å²) in [5.41, 5.74) is 0.773. The number of hydrogen-bond acceptors (Lipinski definition) is 4. The summed E-state index contributed by atoms with van der Waals surface area (Å²) in [5, 5.41) is 19.6. The lowest BCUT2D eigenvalue weighted by molar-refractivity contribution is -0.136. The molecule has 0 aliphatic carbocycles. The summed E-state index contributed by atoms with van der Waals surface area (Å²) >= 11 is 0. The third-order valence-electron chi connectivity index (χ3n) is 3.67. The Morgan fingerprint density at radius 2 is 1.91 bits per heavy atom. The minimum atomic E-state index is -1.01. The van der Waals surface area contributed by atoms with E-state index in [-0.39, 0.29) is 17.8 Å². The summed E-state index contributed by atoms with van der Waals surface area (Å²) < 4.78 is 5.05. The molecule has 0 amide bonds. The molecular formula is C17H20O5. The van der Waals surface area contributed by atoms with Crippen LogP contribution in [0.2, 0.25) is 0 Å². The molecular weight excluding hydrogens is 284 g/mol. The van der Waals surface area contributed by atoms with Gasteiger partial charge in [-0.2, -0.15) is 0 Å². The van der Waals surface area contributed by atoms with Gasteiger partial charge in [-0.15, -0.1) is 0 Å². The lowest BCUT2D eigenvalue weighted by atomic mass is 10.00. The van der Waals surface area contributed by atoms with Crippen molar-refractivity contribution in [2.24, 2.45) is 0 Å². The van der Waals surface area contributed by atoms with Crippen molar-refractivity contribution in [1.29, 1.82) is 0 Å². The Bertz CT molecular complexity index is 730. The number of phenolic OH excluding ortho intramolecular Hbond substituents is 1. The van der Waals surface area contributed by atoms with E-state index < -0.39 is 11.6 Å². The van der Waals surface area contributed by atoms with Crippen LogP contribution in [0.1, 0.15) is 43.7 Å². The average molecular weight is 304 g/mol. The predicted molar refractivity (Wildman–Crippen MR) is 83.3 cm³/mol. The number of unbranched alkanes of at least 4 members (excludes halogenated alkanes) is 3. The van der Waals surface area contributed by atoms with Crippen LogP contribution in [0.15, 0.2) is 27.4 Å². The van der Waals surface area contributed by atoms with Crippen LogP contribution in [0.25, 0.3) is 11.0 Å². The topological polar surface area (TPSA) is 87.7 Å². The summed E-state index contributed by atoms with van der Waals surface area (Å²) in [5.74, 6) is -0.927. The second kappa shape index (κ2) is 7.11. The highest BCUT2D eigenvalue weighted by molar-refractivity contribution is 5.86. The van der Waals surface area contributed by atoms with Gasteiger partial charge in [0.15, 0.2) is 0 Å². The smallest absolute Gasteiger partial charge is 0.336 e. The molecule has 1 aromatic carbocycles. The monoisotopic (exact) mass is 304 g/mol. The molecule has 0 spiro atoms. The number of hydrogen-bond donors (Lipinski definition) is 2. The second-order valence-electron chi connectivity index (χ2n) is 5.45. The van der Waals surface area contributed by atoms with Gasteiger partial charge in [0.1, 0.15) is 11.3 Å². The van der Waals surface area contributed by atoms with Gasteiger partial charge in [0.2, 0.25) is 0 Å². The van der Waals surface area contributed by atoms with E-state index in [4.69, 9.17) is 9.52 Å². The van der Waals surface area contributed by atoms with Crippen LogP contribution < -0.4 is 5.63 Å². The molecule has 2 aromatic rings. The summed E-state index contributed by atoms with van der Waals surface area (Å²) in [6.07, 6.45) is 4.79. The number of fused-ring (bicyclic) bond motifs is 1. The van der Waals surface area contributed by atoms with Crippen LogP contribution in [0.3, 0.4) is 0 Å². The molecule has 0 saturated heterocycles. The van der Waals surface area contributed by atoms with Crippen molar-refractivity contribution in [3.63, 3.8) is 0 Å². The molecule has 0 atom stereocenters. The minimum absolute atomic E-state index is 0.0830. The molecule has 118 valence electrons. The Kier molecular flexibility index (Phi) is 5.20. The highest BCUT2D eigenvalue weighted by atomic mass is 16.4. The normalized spacial score (nSPS) is 11.0. The lowest BCUT2D eigenvalue weighted by Gasteiger charge is -2.09.